The number of aliphatic hydroxyl groups is 1. The Balaban J connectivity index is 1.88. The second-order valence-corrected chi connectivity index (χ2v) is 8.14. The van der Waals surface area contributed by atoms with E-state index in [1.54, 1.807) is 29.8 Å². The minimum Gasteiger partial charge on any atom is -0.507 e. The van der Waals surface area contributed by atoms with E-state index in [9.17, 15) is 14.7 Å². The van der Waals surface area contributed by atoms with Crippen LogP contribution in [0, 0.1) is 6.92 Å². The molecule has 2 heterocycles. The van der Waals surface area contributed by atoms with Gasteiger partial charge < -0.3 is 9.84 Å². The summed E-state index contributed by atoms with van der Waals surface area (Å²) >= 11 is 1.26. The van der Waals surface area contributed by atoms with Gasteiger partial charge in [0.2, 0.25) is 0 Å². The number of nitrogens with zero attached hydrogens (tertiary/aromatic N) is 2. The lowest BCUT2D eigenvalue weighted by Gasteiger charge is -2.23. The van der Waals surface area contributed by atoms with Crippen molar-refractivity contribution in [1.29, 1.82) is 0 Å². The topological polar surface area (TPSA) is 79.7 Å². The molecule has 158 valence electrons. The van der Waals surface area contributed by atoms with Gasteiger partial charge in [-0.05, 0) is 31.0 Å². The molecule has 0 aliphatic carbocycles. The fraction of sp³-hybridized carbons (Fsp3) is 0.208. The minimum absolute atomic E-state index is 0.0386. The van der Waals surface area contributed by atoms with Gasteiger partial charge in [0.05, 0.1) is 18.2 Å². The molecular weight excluding hydrogens is 412 g/mol. The highest BCUT2D eigenvalue weighted by atomic mass is 32.1. The quantitative estimate of drug-likeness (QED) is 0.340. The third-order valence-electron chi connectivity index (χ3n) is 5.04. The van der Waals surface area contributed by atoms with E-state index in [1.807, 2.05) is 44.2 Å². The lowest BCUT2D eigenvalue weighted by atomic mass is 9.95. The molecule has 0 radical (unpaired) electrons. The van der Waals surface area contributed by atoms with Gasteiger partial charge in [-0.3, -0.25) is 14.5 Å². The zero-order valence-corrected chi connectivity index (χ0v) is 18.1. The smallest absolute Gasteiger partial charge is 0.301 e. The van der Waals surface area contributed by atoms with Gasteiger partial charge in [-0.1, -0.05) is 48.9 Å². The molecule has 0 spiro atoms. The number of carbonyl (C=O) groups excluding carboxylic acids is 2. The van der Waals surface area contributed by atoms with Crippen LogP contribution in [0.4, 0.5) is 5.13 Å². The van der Waals surface area contributed by atoms with Crippen LogP contribution in [0.25, 0.3) is 5.76 Å². The average Bonchev–Trinajstić information content (AvgIpc) is 3.39. The Hall–Kier alpha value is -3.45. The third kappa shape index (κ3) is 3.96. The molecule has 1 N–H and O–H groups in total. The van der Waals surface area contributed by atoms with Gasteiger partial charge in [0.1, 0.15) is 11.5 Å². The maximum absolute atomic E-state index is 13.1. The van der Waals surface area contributed by atoms with E-state index < -0.39 is 17.7 Å². The van der Waals surface area contributed by atoms with E-state index in [0.29, 0.717) is 28.6 Å². The van der Waals surface area contributed by atoms with E-state index in [0.717, 1.165) is 12.0 Å². The van der Waals surface area contributed by atoms with Crippen molar-refractivity contribution in [1.82, 2.24) is 4.98 Å². The summed E-state index contributed by atoms with van der Waals surface area (Å²) in [5.74, 6) is -1.02. The normalized spacial score (nSPS) is 17.9. The summed E-state index contributed by atoms with van der Waals surface area (Å²) in [6.07, 6.45) is 2.44. The summed E-state index contributed by atoms with van der Waals surface area (Å²) in [5.41, 5.74) is 2.21. The molecule has 1 unspecified atom stereocenters. The molecule has 3 aromatic rings. The monoisotopic (exact) mass is 434 g/mol. The number of aryl methyl sites for hydroxylation is 1. The van der Waals surface area contributed by atoms with E-state index >= 15 is 0 Å². The molecule has 4 rings (SSSR count). The standard InChI is InChI=1S/C24H22N2O4S/c1-3-12-30-18-6-4-5-17(14-18)20-19(21(27)16-9-7-15(2)8-10-16)22(28)23(29)26(20)24-25-11-13-31-24/h4-11,13-14,20,27H,3,12H2,1-2H3. The summed E-state index contributed by atoms with van der Waals surface area (Å²) < 4.78 is 5.75. The van der Waals surface area contributed by atoms with E-state index in [2.05, 4.69) is 4.98 Å². The highest BCUT2D eigenvalue weighted by Gasteiger charge is 2.48. The van der Waals surface area contributed by atoms with E-state index in [4.69, 9.17) is 4.74 Å². The second kappa shape index (κ2) is 8.73. The van der Waals surface area contributed by atoms with Crippen molar-refractivity contribution in [2.24, 2.45) is 0 Å². The predicted octanol–water partition coefficient (Wildman–Crippen LogP) is 4.87. The molecule has 1 aromatic heterocycles. The molecule has 31 heavy (non-hydrogen) atoms. The minimum atomic E-state index is -0.808. The molecule has 1 aliphatic rings. The van der Waals surface area contributed by atoms with Crippen LogP contribution in [0.1, 0.15) is 36.1 Å². The Morgan fingerprint density at radius 1 is 1.19 bits per heavy atom. The maximum atomic E-state index is 13.1. The van der Waals surface area contributed by atoms with Crippen molar-refractivity contribution < 1.29 is 19.4 Å². The van der Waals surface area contributed by atoms with Crippen molar-refractivity contribution in [3.05, 3.63) is 82.4 Å². The van der Waals surface area contributed by atoms with Gasteiger partial charge in [0.15, 0.2) is 5.13 Å². The van der Waals surface area contributed by atoms with Crippen molar-refractivity contribution in [3.8, 4) is 5.75 Å². The van der Waals surface area contributed by atoms with Crippen LogP contribution in [0.5, 0.6) is 5.75 Å². The Labute approximate surface area is 184 Å². The van der Waals surface area contributed by atoms with Crippen LogP contribution in [-0.2, 0) is 9.59 Å². The van der Waals surface area contributed by atoms with Gasteiger partial charge in [-0.25, -0.2) is 4.98 Å². The number of rotatable bonds is 6. The highest BCUT2D eigenvalue weighted by molar-refractivity contribution is 7.14. The van der Waals surface area contributed by atoms with E-state index in [-0.39, 0.29) is 11.3 Å². The Kier molecular flexibility index (Phi) is 5.86. The molecule has 1 fully saturated rings. The van der Waals surface area contributed by atoms with Crippen LogP contribution < -0.4 is 9.64 Å². The van der Waals surface area contributed by atoms with Gasteiger partial charge in [-0.15, -0.1) is 11.3 Å². The number of thiazole rings is 1. The molecule has 0 bridgehead atoms. The first-order chi connectivity index (χ1) is 15.0. The van der Waals surface area contributed by atoms with Crippen molar-refractivity contribution in [3.63, 3.8) is 0 Å². The molecule has 1 aliphatic heterocycles. The van der Waals surface area contributed by atoms with Crippen molar-refractivity contribution in [2.45, 2.75) is 26.3 Å². The van der Waals surface area contributed by atoms with Crippen LogP contribution in [-0.4, -0.2) is 28.4 Å². The third-order valence-corrected chi connectivity index (χ3v) is 5.81. The first-order valence-electron chi connectivity index (χ1n) is 10.0. The Morgan fingerprint density at radius 3 is 2.65 bits per heavy atom. The van der Waals surface area contributed by atoms with Crippen LogP contribution in [0.3, 0.4) is 0 Å². The number of anilines is 1. The highest BCUT2D eigenvalue weighted by Crippen LogP contribution is 2.43. The fourth-order valence-corrected chi connectivity index (χ4v) is 4.21. The molecule has 0 saturated carbocycles. The van der Waals surface area contributed by atoms with Gasteiger partial charge in [0, 0.05) is 17.1 Å². The fourth-order valence-electron chi connectivity index (χ4n) is 3.54. The molecule has 1 saturated heterocycles. The van der Waals surface area contributed by atoms with E-state index in [1.165, 1.54) is 16.2 Å². The number of ether oxygens (including phenoxy) is 1. The number of Topliss-reactive ketones (excluding diaryl/α,β-unsaturated/α-hetero) is 1. The molecule has 6 nitrogen and oxygen atoms in total. The van der Waals surface area contributed by atoms with Crippen molar-refractivity contribution >= 4 is 33.9 Å². The number of aliphatic hydroxyl groups excluding tert-OH is 1. The average molecular weight is 435 g/mol. The first kappa shape index (κ1) is 20.8. The number of aromatic nitrogens is 1. The number of ketones is 1. The predicted molar refractivity (Wildman–Crippen MR) is 120 cm³/mol. The van der Waals surface area contributed by atoms with Gasteiger partial charge in [0.25, 0.3) is 5.78 Å². The lowest BCUT2D eigenvalue weighted by Crippen LogP contribution is -2.29. The summed E-state index contributed by atoms with van der Waals surface area (Å²) in [6.45, 7) is 4.51. The largest absolute Gasteiger partial charge is 0.507 e. The maximum Gasteiger partial charge on any atom is 0.301 e. The SMILES string of the molecule is CCCOc1cccc(C2C(=C(O)c3ccc(C)cc3)C(=O)C(=O)N2c2nccs2)c1. The molecular formula is C24H22N2O4S. The summed E-state index contributed by atoms with van der Waals surface area (Å²) in [5, 5.41) is 13.2. The Morgan fingerprint density at radius 2 is 1.97 bits per heavy atom. The lowest BCUT2D eigenvalue weighted by molar-refractivity contribution is -0.132. The molecule has 1 atom stereocenters. The van der Waals surface area contributed by atoms with Gasteiger partial charge in [-0.2, -0.15) is 0 Å². The Bertz CT molecular complexity index is 1140. The number of amides is 1. The zero-order chi connectivity index (χ0) is 22.0. The number of carbonyl (C=O) groups is 2. The second-order valence-electron chi connectivity index (χ2n) is 7.27. The zero-order valence-electron chi connectivity index (χ0n) is 17.2. The van der Waals surface area contributed by atoms with Gasteiger partial charge >= 0.3 is 5.91 Å². The number of hydrogen-bond donors (Lipinski definition) is 1. The number of benzene rings is 2. The summed E-state index contributed by atoms with van der Waals surface area (Å²) in [4.78, 5) is 31.7. The molecule has 7 heteroatoms. The van der Waals surface area contributed by atoms with Crippen LogP contribution in [0.2, 0.25) is 0 Å². The molecule has 2 aromatic carbocycles. The van der Waals surface area contributed by atoms with Crippen LogP contribution in [0.15, 0.2) is 65.7 Å². The summed E-state index contributed by atoms with van der Waals surface area (Å²) in [6, 6.07) is 13.6. The van der Waals surface area contributed by atoms with Crippen molar-refractivity contribution in [2.75, 3.05) is 11.5 Å². The summed E-state index contributed by atoms with van der Waals surface area (Å²) in [7, 11) is 0. The van der Waals surface area contributed by atoms with Crippen LogP contribution >= 0.6 is 11.3 Å². The molecule has 1 amide bonds. The number of hydrogen-bond acceptors (Lipinski definition) is 6. The first-order valence-corrected chi connectivity index (χ1v) is 10.9.